The molecule has 0 atom stereocenters. The van der Waals surface area contributed by atoms with Gasteiger partial charge in [0.2, 0.25) is 0 Å². The highest BCUT2D eigenvalue weighted by Gasteiger charge is 2.16. The molecule has 4 heteroatoms. The molecule has 0 N–H and O–H groups in total. The van der Waals surface area contributed by atoms with Gasteiger partial charge in [-0.3, -0.25) is 4.57 Å². The summed E-state index contributed by atoms with van der Waals surface area (Å²) in [7, 11) is 0. The fourth-order valence-electron chi connectivity index (χ4n) is 5.59. The minimum atomic E-state index is 0.722. The molecule has 8 aromatic rings. The fourth-order valence-corrected chi connectivity index (χ4v) is 5.59. The average Bonchev–Trinajstić information content (AvgIpc) is 3.44. The Balaban J connectivity index is 1.26. The third kappa shape index (κ3) is 4.05. The van der Waals surface area contributed by atoms with E-state index in [4.69, 9.17) is 15.0 Å². The molecule has 8 rings (SSSR count). The number of rotatable bonds is 4. The molecule has 41 heavy (non-hydrogen) atoms. The van der Waals surface area contributed by atoms with Crippen LogP contribution in [-0.4, -0.2) is 19.5 Å². The van der Waals surface area contributed by atoms with Crippen LogP contribution in [0.4, 0.5) is 0 Å². The van der Waals surface area contributed by atoms with Crippen molar-refractivity contribution in [3.05, 3.63) is 146 Å². The second-order valence-electron chi connectivity index (χ2n) is 10.1. The van der Waals surface area contributed by atoms with Crippen LogP contribution in [0.3, 0.4) is 0 Å². The molecule has 0 radical (unpaired) electrons. The summed E-state index contributed by atoms with van der Waals surface area (Å²) in [5.41, 5.74) is 8.07. The molecule has 0 amide bonds. The van der Waals surface area contributed by atoms with Crippen LogP contribution < -0.4 is 0 Å². The van der Waals surface area contributed by atoms with E-state index in [-0.39, 0.29) is 0 Å². The number of fused-ring (bicyclic) bond motifs is 3. The van der Waals surface area contributed by atoms with Crippen LogP contribution in [0.1, 0.15) is 0 Å². The first-order valence-electron chi connectivity index (χ1n) is 13.7. The van der Waals surface area contributed by atoms with E-state index in [0.29, 0.717) is 0 Å². The van der Waals surface area contributed by atoms with Crippen molar-refractivity contribution in [2.45, 2.75) is 0 Å². The molecule has 0 saturated heterocycles. The Morgan fingerprint density at radius 3 is 1.95 bits per heavy atom. The normalized spacial score (nSPS) is 11.4. The third-order valence-corrected chi connectivity index (χ3v) is 7.60. The lowest BCUT2D eigenvalue weighted by atomic mass is 10.0. The Morgan fingerprint density at radius 2 is 1.10 bits per heavy atom. The SMILES string of the molecule is c1ccc(-n2c(-c3ccc(-c4nc(-c5ccc6ccccc6c5)nc5ccccc45)cc3)nc3ccccc32)cc1. The summed E-state index contributed by atoms with van der Waals surface area (Å²) >= 11 is 0. The van der Waals surface area contributed by atoms with Gasteiger partial charge in [-0.15, -0.1) is 0 Å². The number of aromatic nitrogens is 4. The van der Waals surface area contributed by atoms with E-state index < -0.39 is 0 Å². The van der Waals surface area contributed by atoms with Crippen LogP contribution in [0, 0.1) is 0 Å². The first-order chi connectivity index (χ1) is 20.3. The van der Waals surface area contributed by atoms with Crippen LogP contribution >= 0.6 is 0 Å². The maximum absolute atomic E-state index is 5.12. The topological polar surface area (TPSA) is 43.6 Å². The van der Waals surface area contributed by atoms with Gasteiger partial charge in [-0.2, -0.15) is 0 Å². The maximum Gasteiger partial charge on any atom is 0.160 e. The van der Waals surface area contributed by atoms with Gasteiger partial charge in [-0.25, -0.2) is 15.0 Å². The highest BCUT2D eigenvalue weighted by molar-refractivity contribution is 5.95. The Hall–Kier alpha value is -5.61. The van der Waals surface area contributed by atoms with E-state index in [1.165, 1.54) is 10.8 Å². The van der Waals surface area contributed by atoms with Crippen molar-refractivity contribution in [3.8, 4) is 39.7 Å². The molecule has 2 aromatic heterocycles. The second kappa shape index (κ2) is 9.54. The van der Waals surface area contributed by atoms with Crippen molar-refractivity contribution < 1.29 is 0 Å². The standard InChI is InChI=1S/C37H24N4/c1-2-12-30(13-3-1)41-34-17-9-8-16-33(34)39-37(41)27-21-19-26(20-22-27)35-31-14-6-7-15-32(31)38-36(40-35)29-23-18-25-10-4-5-11-28(25)24-29/h1-24H. The summed E-state index contributed by atoms with van der Waals surface area (Å²) in [6.07, 6.45) is 0. The Labute approximate surface area is 237 Å². The van der Waals surface area contributed by atoms with Crippen LogP contribution in [0.15, 0.2) is 146 Å². The molecular formula is C37H24N4. The minimum Gasteiger partial charge on any atom is -0.292 e. The summed E-state index contributed by atoms with van der Waals surface area (Å²) in [6.45, 7) is 0. The molecule has 0 saturated carbocycles. The summed E-state index contributed by atoms with van der Waals surface area (Å²) in [5, 5.41) is 3.41. The van der Waals surface area contributed by atoms with Crippen LogP contribution in [0.5, 0.6) is 0 Å². The number of benzene rings is 6. The third-order valence-electron chi connectivity index (χ3n) is 7.60. The number of hydrogen-bond donors (Lipinski definition) is 0. The van der Waals surface area contributed by atoms with Gasteiger partial charge in [0.15, 0.2) is 5.82 Å². The van der Waals surface area contributed by atoms with Gasteiger partial charge in [0.25, 0.3) is 0 Å². The minimum absolute atomic E-state index is 0.722. The molecule has 0 spiro atoms. The van der Waals surface area contributed by atoms with E-state index in [1.807, 2.05) is 24.3 Å². The molecule has 0 bridgehead atoms. The Kier molecular flexibility index (Phi) is 5.42. The highest BCUT2D eigenvalue weighted by atomic mass is 15.1. The van der Waals surface area contributed by atoms with E-state index >= 15 is 0 Å². The quantitative estimate of drug-likeness (QED) is 0.231. The maximum atomic E-state index is 5.12. The van der Waals surface area contributed by atoms with Crippen molar-refractivity contribution in [2.24, 2.45) is 0 Å². The number of nitrogens with zero attached hydrogens (tertiary/aromatic N) is 4. The largest absolute Gasteiger partial charge is 0.292 e. The summed E-state index contributed by atoms with van der Waals surface area (Å²) in [6, 6.07) is 50.2. The lowest BCUT2D eigenvalue weighted by Crippen LogP contribution is -1.98. The van der Waals surface area contributed by atoms with Crippen molar-refractivity contribution in [1.82, 2.24) is 19.5 Å². The first-order valence-corrected chi connectivity index (χ1v) is 13.7. The van der Waals surface area contributed by atoms with Crippen LogP contribution in [0.2, 0.25) is 0 Å². The molecule has 6 aromatic carbocycles. The zero-order valence-electron chi connectivity index (χ0n) is 22.1. The summed E-state index contributed by atoms with van der Waals surface area (Å²) in [5.74, 6) is 1.63. The van der Waals surface area contributed by atoms with Crippen molar-refractivity contribution >= 4 is 32.7 Å². The van der Waals surface area contributed by atoms with Gasteiger partial charge >= 0.3 is 0 Å². The Morgan fingerprint density at radius 1 is 0.439 bits per heavy atom. The van der Waals surface area contributed by atoms with Gasteiger partial charge in [0.1, 0.15) is 5.82 Å². The first kappa shape index (κ1) is 23.3. The summed E-state index contributed by atoms with van der Waals surface area (Å²) in [4.78, 5) is 15.1. The average molecular weight is 525 g/mol. The number of hydrogen-bond acceptors (Lipinski definition) is 3. The van der Waals surface area contributed by atoms with Crippen molar-refractivity contribution in [2.75, 3.05) is 0 Å². The monoisotopic (exact) mass is 524 g/mol. The molecule has 0 aliphatic carbocycles. The number of para-hydroxylation sites is 4. The molecular weight excluding hydrogens is 500 g/mol. The fraction of sp³-hybridized carbons (Fsp3) is 0. The zero-order valence-corrected chi connectivity index (χ0v) is 22.1. The van der Waals surface area contributed by atoms with E-state index in [0.717, 1.165) is 61.7 Å². The molecule has 0 fully saturated rings. The smallest absolute Gasteiger partial charge is 0.160 e. The molecule has 4 nitrogen and oxygen atoms in total. The van der Waals surface area contributed by atoms with Crippen LogP contribution in [0.25, 0.3) is 72.4 Å². The van der Waals surface area contributed by atoms with Crippen molar-refractivity contribution in [3.63, 3.8) is 0 Å². The Bertz CT molecular complexity index is 2200. The van der Waals surface area contributed by atoms with Gasteiger partial charge in [0.05, 0.1) is 22.2 Å². The van der Waals surface area contributed by atoms with Crippen molar-refractivity contribution in [1.29, 1.82) is 0 Å². The molecule has 0 aliphatic rings. The van der Waals surface area contributed by atoms with E-state index in [2.05, 4.69) is 126 Å². The summed E-state index contributed by atoms with van der Waals surface area (Å²) < 4.78 is 2.22. The van der Waals surface area contributed by atoms with Gasteiger partial charge < -0.3 is 0 Å². The van der Waals surface area contributed by atoms with E-state index in [9.17, 15) is 0 Å². The van der Waals surface area contributed by atoms with Crippen LogP contribution in [-0.2, 0) is 0 Å². The zero-order chi connectivity index (χ0) is 27.2. The number of imidazole rings is 1. The van der Waals surface area contributed by atoms with E-state index in [1.54, 1.807) is 0 Å². The predicted octanol–water partition coefficient (Wildman–Crippen LogP) is 9.12. The molecule has 2 heterocycles. The second-order valence-corrected chi connectivity index (χ2v) is 10.1. The lowest BCUT2D eigenvalue weighted by Gasteiger charge is -2.12. The molecule has 192 valence electrons. The molecule has 0 unspecified atom stereocenters. The highest BCUT2D eigenvalue weighted by Crippen LogP contribution is 2.33. The van der Waals surface area contributed by atoms with Gasteiger partial charge in [-0.05, 0) is 47.2 Å². The molecule has 0 aliphatic heterocycles. The van der Waals surface area contributed by atoms with Gasteiger partial charge in [0, 0.05) is 27.8 Å². The lowest BCUT2D eigenvalue weighted by molar-refractivity contribution is 1.10. The van der Waals surface area contributed by atoms with Gasteiger partial charge in [-0.1, -0.05) is 109 Å². The predicted molar refractivity (Wildman–Crippen MR) is 168 cm³/mol.